The third kappa shape index (κ3) is 3.94. The summed E-state index contributed by atoms with van der Waals surface area (Å²) < 4.78 is 1.72. The van der Waals surface area contributed by atoms with Crippen LogP contribution in [0.2, 0.25) is 5.02 Å². The number of nitrogens with zero attached hydrogens (tertiary/aromatic N) is 2. The number of aryl methyl sites for hydroxylation is 1. The van der Waals surface area contributed by atoms with Crippen LogP contribution in [0.1, 0.15) is 29.7 Å². The van der Waals surface area contributed by atoms with Gasteiger partial charge in [0.1, 0.15) is 5.76 Å². The standard InChI is InChI=1S/C26H18BrClN2O3S/c1-2-14-6-11-19-20(12-14)34-26(29-19)30-22(16-4-3-5-17(27)13-16)21(24(32)25(30)33)23(31)15-7-9-18(28)10-8-15/h3-13,22,31H,2H2,1H3/t22-/m1/s1. The summed E-state index contributed by atoms with van der Waals surface area (Å²) in [6, 6.07) is 19.0. The molecule has 1 atom stereocenters. The number of aromatic nitrogens is 1. The number of ketones is 1. The Morgan fingerprint density at radius 3 is 2.59 bits per heavy atom. The van der Waals surface area contributed by atoms with E-state index in [1.165, 1.54) is 16.2 Å². The van der Waals surface area contributed by atoms with Gasteiger partial charge < -0.3 is 5.11 Å². The largest absolute Gasteiger partial charge is 0.507 e. The number of rotatable bonds is 4. The molecule has 1 aromatic heterocycles. The highest BCUT2D eigenvalue weighted by Crippen LogP contribution is 2.44. The van der Waals surface area contributed by atoms with Gasteiger partial charge in [0, 0.05) is 15.1 Å². The number of benzene rings is 3. The first-order chi connectivity index (χ1) is 16.4. The summed E-state index contributed by atoms with van der Waals surface area (Å²) >= 11 is 10.8. The van der Waals surface area contributed by atoms with Gasteiger partial charge >= 0.3 is 5.91 Å². The van der Waals surface area contributed by atoms with Gasteiger partial charge in [0.05, 0.1) is 21.8 Å². The zero-order chi connectivity index (χ0) is 24.0. The molecule has 8 heteroatoms. The van der Waals surface area contributed by atoms with Crippen molar-refractivity contribution in [2.75, 3.05) is 4.90 Å². The predicted octanol–water partition coefficient (Wildman–Crippen LogP) is 6.90. The van der Waals surface area contributed by atoms with E-state index in [1.807, 2.05) is 36.4 Å². The van der Waals surface area contributed by atoms with Crippen molar-refractivity contribution in [3.63, 3.8) is 0 Å². The Balaban J connectivity index is 1.72. The second kappa shape index (κ2) is 8.98. The molecule has 4 aromatic rings. The number of aliphatic hydroxyl groups is 1. The minimum absolute atomic E-state index is 0.0129. The van der Waals surface area contributed by atoms with E-state index >= 15 is 0 Å². The van der Waals surface area contributed by atoms with Gasteiger partial charge in [0.25, 0.3) is 5.78 Å². The van der Waals surface area contributed by atoms with E-state index in [9.17, 15) is 14.7 Å². The van der Waals surface area contributed by atoms with Gasteiger partial charge in [-0.05, 0) is 66.1 Å². The molecular weight excluding hydrogens is 536 g/mol. The Morgan fingerprint density at radius 2 is 1.88 bits per heavy atom. The van der Waals surface area contributed by atoms with E-state index in [0.717, 1.165) is 26.7 Å². The Bertz CT molecular complexity index is 1480. The molecule has 0 saturated carbocycles. The van der Waals surface area contributed by atoms with Gasteiger partial charge in [-0.3, -0.25) is 14.5 Å². The van der Waals surface area contributed by atoms with Crippen LogP contribution in [0.4, 0.5) is 5.13 Å². The van der Waals surface area contributed by atoms with Gasteiger partial charge in [-0.15, -0.1) is 0 Å². The van der Waals surface area contributed by atoms with Crippen molar-refractivity contribution < 1.29 is 14.7 Å². The molecule has 3 aromatic carbocycles. The molecule has 1 aliphatic heterocycles. The van der Waals surface area contributed by atoms with Crippen LogP contribution in [0.25, 0.3) is 16.0 Å². The molecule has 1 aliphatic rings. The number of amides is 1. The molecule has 5 rings (SSSR count). The van der Waals surface area contributed by atoms with Gasteiger partial charge in [0.15, 0.2) is 5.13 Å². The van der Waals surface area contributed by atoms with Gasteiger partial charge in [0.2, 0.25) is 0 Å². The minimum Gasteiger partial charge on any atom is -0.507 e. The highest BCUT2D eigenvalue weighted by molar-refractivity contribution is 9.10. The maximum absolute atomic E-state index is 13.3. The lowest BCUT2D eigenvalue weighted by molar-refractivity contribution is -0.132. The van der Waals surface area contributed by atoms with Crippen molar-refractivity contribution in [2.45, 2.75) is 19.4 Å². The molecule has 34 heavy (non-hydrogen) atoms. The van der Waals surface area contributed by atoms with Crippen molar-refractivity contribution in [3.05, 3.63) is 98.5 Å². The van der Waals surface area contributed by atoms with Gasteiger partial charge in [-0.25, -0.2) is 4.98 Å². The van der Waals surface area contributed by atoms with Crippen molar-refractivity contribution in [1.82, 2.24) is 4.98 Å². The molecule has 1 saturated heterocycles. The average Bonchev–Trinajstić information content (AvgIpc) is 3.36. The highest BCUT2D eigenvalue weighted by Gasteiger charge is 2.48. The van der Waals surface area contributed by atoms with Crippen LogP contribution < -0.4 is 4.90 Å². The summed E-state index contributed by atoms with van der Waals surface area (Å²) in [5.41, 5.74) is 3.01. The number of hydrogen-bond acceptors (Lipinski definition) is 5. The van der Waals surface area contributed by atoms with Crippen LogP contribution >= 0.6 is 38.9 Å². The third-order valence-corrected chi connectivity index (χ3v) is 7.55. The second-order valence-corrected chi connectivity index (χ2v) is 10.2. The molecule has 0 radical (unpaired) electrons. The van der Waals surface area contributed by atoms with E-state index in [2.05, 4.69) is 33.9 Å². The summed E-state index contributed by atoms with van der Waals surface area (Å²) in [5, 5.41) is 12.1. The third-order valence-electron chi connectivity index (χ3n) is 5.78. The number of hydrogen-bond donors (Lipinski definition) is 1. The van der Waals surface area contributed by atoms with E-state index in [4.69, 9.17) is 11.6 Å². The van der Waals surface area contributed by atoms with Crippen LogP contribution in [0.15, 0.2) is 76.8 Å². The van der Waals surface area contributed by atoms with E-state index in [-0.39, 0.29) is 11.3 Å². The van der Waals surface area contributed by atoms with Gasteiger partial charge in [-0.2, -0.15) is 0 Å². The number of anilines is 1. The van der Waals surface area contributed by atoms with E-state index < -0.39 is 17.7 Å². The van der Waals surface area contributed by atoms with Crippen LogP contribution in [0.5, 0.6) is 0 Å². The van der Waals surface area contributed by atoms with Crippen LogP contribution in [0.3, 0.4) is 0 Å². The summed E-state index contributed by atoms with van der Waals surface area (Å²) in [7, 11) is 0. The number of Topliss-reactive ketones (excluding diaryl/α,β-unsaturated/α-hetero) is 1. The topological polar surface area (TPSA) is 70.5 Å². The fraction of sp³-hybridized carbons (Fsp3) is 0.115. The first-order valence-electron chi connectivity index (χ1n) is 10.6. The zero-order valence-electron chi connectivity index (χ0n) is 18.0. The van der Waals surface area contributed by atoms with Crippen molar-refractivity contribution in [3.8, 4) is 0 Å². The SMILES string of the molecule is CCc1ccc2nc(N3C(=O)C(=O)C(=C(O)c4ccc(Cl)cc4)[C@H]3c3cccc(Br)c3)sc2c1. The summed E-state index contributed by atoms with van der Waals surface area (Å²) in [6.45, 7) is 2.08. The molecule has 1 amide bonds. The maximum Gasteiger partial charge on any atom is 0.301 e. The van der Waals surface area contributed by atoms with E-state index in [1.54, 1.807) is 24.3 Å². The first kappa shape index (κ1) is 22.8. The molecule has 1 fully saturated rings. The Morgan fingerprint density at radius 1 is 1.12 bits per heavy atom. The second-order valence-electron chi connectivity index (χ2n) is 7.88. The smallest absolute Gasteiger partial charge is 0.301 e. The number of fused-ring (bicyclic) bond motifs is 1. The molecular formula is C26H18BrClN2O3S. The lowest BCUT2D eigenvalue weighted by atomic mass is 9.95. The number of thiazole rings is 1. The molecule has 0 unspecified atom stereocenters. The fourth-order valence-electron chi connectivity index (χ4n) is 4.06. The molecule has 5 nitrogen and oxygen atoms in total. The van der Waals surface area contributed by atoms with Crippen LogP contribution in [-0.4, -0.2) is 21.8 Å². The van der Waals surface area contributed by atoms with E-state index in [0.29, 0.717) is 21.3 Å². The molecule has 1 N–H and O–H groups in total. The number of halogens is 2. The molecule has 170 valence electrons. The summed E-state index contributed by atoms with van der Waals surface area (Å²) in [4.78, 5) is 32.7. The predicted molar refractivity (Wildman–Crippen MR) is 139 cm³/mol. The number of carbonyl (C=O) groups is 2. The monoisotopic (exact) mass is 552 g/mol. The van der Waals surface area contributed by atoms with Crippen LogP contribution in [0, 0.1) is 0 Å². The average molecular weight is 554 g/mol. The Hall–Kier alpha value is -3.00. The highest BCUT2D eigenvalue weighted by atomic mass is 79.9. The molecule has 0 aliphatic carbocycles. The summed E-state index contributed by atoms with van der Waals surface area (Å²) in [6.07, 6.45) is 0.882. The molecule has 2 heterocycles. The Labute approximate surface area is 213 Å². The normalized spacial score (nSPS) is 17.6. The zero-order valence-corrected chi connectivity index (χ0v) is 21.1. The fourth-order valence-corrected chi connectivity index (χ4v) is 5.66. The van der Waals surface area contributed by atoms with Crippen molar-refractivity contribution >= 4 is 71.7 Å². The van der Waals surface area contributed by atoms with Crippen LogP contribution in [-0.2, 0) is 16.0 Å². The Kier molecular flexibility index (Phi) is 6.02. The first-order valence-corrected chi connectivity index (χ1v) is 12.6. The number of carbonyl (C=O) groups excluding carboxylic acids is 2. The van der Waals surface area contributed by atoms with Crippen molar-refractivity contribution in [2.24, 2.45) is 0 Å². The molecule has 0 spiro atoms. The quantitative estimate of drug-likeness (QED) is 0.169. The lowest BCUT2D eigenvalue weighted by Crippen LogP contribution is -2.29. The molecule has 0 bridgehead atoms. The van der Waals surface area contributed by atoms with Crippen molar-refractivity contribution in [1.29, 1.82) is 0 Å². The minimum atomic E-state index is -0.834. The summed E-state index contributed by atoms with van der Waals surface area (Å²) in [5.74, 6) is -1.74. The maximum atomic E-state index is 13.3. The van der Waals surface area contributed by atoms with Gasteiger partial charge in [-0.1, -0.05) is 64.0 Å². The number of aliphatic hydroxyl groups excluding tert-OH is 1. The lowest BCUT2D eigenvalue weighted by Gasteiger charge is -2.23.